The molecule has 0 radical (unpaired) electrons. The van der Waals surface area contributed by atoms with Gasteiger partial charge in [-0.2, -0.15) is 11.8 Å². The fourth-order valence-corrected chi connectivity index (χ4v) is 2.48. The fraction of sp³-hybridized carbons (Fsp3) is 0.455. The summed E-state index contributed by atoms with van der Waals surface area (Å²) in [6.07, 6.45) is 0.812. The normalized spacial score (nSPS) is 19.5. The van der Waals surface area contributed by atoms with Crippen molar-refractivity contribution in [1.82, 2.24) is 0 Å². The Bertz CT molecular complexity index is 305. The predicted molar refractivity (Wildman–Crippen MR) is 57.2 cm³/mol. The minimum absolute atomic E-state index is 0.420. The Kier molecular flexibility index (Phi) is 2.35. The molecule has 13 heavy (non-hydrogen) atoms. The van der Waals surface area contributed by atoms with Crippen LogP contribution in [0, 0.1) is 6.92 Å². The first-order chi connectivity index (χ1) is 6.20. The van der Waals surface area contributed by atoms with E-state index in [1.807, 2.05) is 23.9 Å². The largest absolute Gasteiger partial charge is 0.388 e. The lowest BCUT2D eigenvalue weighted by molar-refractivity contribution is 0.0791. The van der Waals surface area contributed by atoms with Crippen LogP contribution in [-0.4, -0.2) is 22.2 Å². The molecule has 1 aromatic carbocycles. The lowest BCUT2D eigenvalue weighted by atomic mass is 9.94. The number of aryl methyl sites for hydroxylation is 1. The van der Waals surface area contributed by atoms with Gasteiger partial charge in [0.15, 0.2) is 0 Å². The van der Waals surface area contributed by atoms with E-state index < -0.39 is 5.60 Å². The summed E-state index contributed by atoms with van der Waals surface area (Å²) in [7, 11) is 0. The van der Waals surface area contributed by atoms with Crippen LogP contribution in [0.5, 0.6) is 0 Å². The summed E-state index contributed by atoms with van der Waals surface area (Å²) >= 11 is 1.82. The van der Waals surface area contributed by atoms with E-state index in [1.165, 1.54) is 11.1 Å². The molecule has 2 rings (SSSR count). The van der Waals surface area contributed by atoms with E-state index in [4.69, 9.17) is 0 Å². The minimum atomic E-state index is -0.420. The summed E-state index contributed by atoms with van der Waals surface area (Å²) in [4.78, 5) is 0. The molecule has 0 spiro atoms. The molecular weight excluding hydrogens is 180 g/mol. The van der Waals surface area contributed by atoms with Crippen LogP contribution in [0.3, 0.4) is 0 Å². The number of rotatable bonds is 2. The summed E-state index contributed by atoms with van der Waals surface area (Å²) in [5, 5.41) is 9.97. The second-order valence-electron chi connectivity index (χ2n) is 3.82. The number of benzene rings is 1. The van der Waals surface area contributed by atoms with E-state index in [0.717, 1.165) is 17.9 Å². The van der Waals surface area contributed by atoms with E-state index in [2.05, 4.69) is 19.1 Å². The molecule has 1 N–H and O–H groups in total. The van der Waals surface area contributed by atoms with Gasteiger partial charge in [0.1, 0.15) is 0 Å². The summed E-state index contributed by atoms with van der Waals surface area (Å²) < 4.78 is 0. The molecule has 0 bridgehead atoms. The number of thioether (sulfide) groups is 1. The molecule has 1 aromatic rings. The molecule has 0 aliphatic carbocycles. The van der Waals surface area contributed by atoms with E-state index in [9.17, 15) is 5.11 Å². The van der Waals surface area contributed by atoms with Gasteiger partial charge in [0.2, 0.25) is 0 Å². The van der Waals surface area contributed by atoms with Crippen LogP contribution in [0.15, 0.2) is 24.3 Å². The molecule has 1 fully saturated rings. The van der Waals surface area contributed by atoms with Gasteiger partial charge < -0.3 is 5.11 Å². The van der Waals surface area contributed by atoms with Crippen molar-refractivity contribution in [3.05, 3.63) is 35.4 Å². The Morgan fingerprint density at radius 2 is 2.08 bits per heavy atom. The number of hydrogen-bond acceptors (Lipinski definition) is 2. The Labute approximate surface area is 83.2 Å². The lowest BCUT2D eigenvalue weighted by Gasteiger charge is -2.36. The van der Waals surface area contributed by atoms with E-state index >= 15 is 0 Å². The molecule has 0 amide bonds. The third-order valence-corrected chi connectivity index (χ3v) is 4.01. The van der Waals surface area contributed by atoms with Crippen molar-refractivity contribution in [3.63, 3.8) is 0 Å². The maximum atomic E-state index is 9.97. The maximum absolute atomic E-state index is 9.97. The summed E-state index contributed by atoms with van der Waals surface area (Å²) in [6, 6.07) is 8.29. The van der Waals surface area contributed by atoms with E-state index in [1.54, 1.807) is 0 Å². The first kappa shape index (κ1) is 9.10. The van der Waals surface area contributed by atoms with Crippen LogP contribution in [0.1, 0.15) is 11.1 Å². The highest BCUT2D eigenvalue weighted by Crippen LogP contribution is 2.32. The van der Waals surface area contributed by atoms with Gasteiger partial charge in [0.25, 0.3) is 0 Å². The predicted octanol–water partition coefficient (Wildman–Crippen LogP) is 2.02. The van der Waals surface area contributed by atoms with Gasteiger partial charge in [-0.15, -0.1) is 0 Å². The number of aliphatic hydroxyl groups is 1. The first-order valence-electron chi connectivity index (χ1n) is 4.54. The molecule has 1 aliphatic rings. The Hall–Kier alpha value is -0.470. The van der Waals surface area contributed by atoms with Gasteiger partial charge in [-0.3, -0.25) is 0 Å². The van der Waals surface area contributed by atoms with E-state index in [-0.39, 0.29) is 0 Å². The van der Waals surface area contributed by atoms with Crippen LogP contribution < -0.4 is 0 Å². The first-order valence-corrected chi connectivity index (χ1v) is 5.70. The monoisotopic (exact) mass is 194 g/mol. The second kappa shape index (κ2) is 3.35. The van der Waals surface area contributed by atoms with Crippen molar-refractivity contribution in [1.29, 1.82) is 0 Å². The van der Waals surface area contributed by atoms with E-state index in [0.29, 0.717) is 0 Å². The van der Waals surface area contributed by atoms with Crippen molar-refractivity contribution in [2.75, 3.05) is 11.5 Å². The molecule has 2 heteroatoms. The van der Waals surface area contributed by atoms with Crippen molar-refractivity contribution in [3.8, 4) is 0 Å². The van der Waals surface area contributed by atoms with Crippen LogP contribution in [0.25, 0.3) is 0 Å². The molecule has 0 atom stereocenters. The lowest BCUT2D eigenvalue weighted by Crippen LogP contribution is -2.45. The average Bonchev–Trinajstić information content (AvgIpc) is 2.06. The number of hydrogen-bond donors (Lipinski definition) is 1. The quantitative estimate of drug-likeness (QED) is 0.777. The summed E-state index contributed by atoms with van der Waals surface area (Å²) in [5.74, 6) is 1.78. The maximum Gasteiger partial charge on any atom is 0.0867 e. The molecule has 70 valence electrons. The topological polar surface area (TPSA) is 20.2 Å². The third kappa shape index (κ3) is 1.89. The Morgan fingerprint density at radius 3 is 2.62 bits per heavy atom. The molecule has 1 aliphatic heterocycles. The minimum Gasteiger partial charge on any atom is -0.388 e. The molecule has 1 heterocycles. The van der Waals surface area contributed by atoms with Crippen molar-refractivity contribution < 1.29 is 5.11 Å². The fourth-order valence-electron chi connectivity index (χ4n) is 1.60. The zero-order chi connectivity index (χ0) is 9.31. The van der Waals surface area contributed by atoms with Gasteiger partial charge in [0.05, 0.1) is 5.60 Å². The van der Waals surface area contributed by atoms with Gasteiger partial charge in [0, 0.05) is 17.9 Å². The second-order valence-corrected chi connectivity index (χ2v) is 4.81. The highest BCUT2D eigenvalue weighted by molar-refractivity contribution is 8.00. The molecule has 1 nitrogen and oxygen atoms in total. The van der Waals surface area contributed by atoms with Crippen molar-refractivity contribution in [2.45, 2.75) is 18.9 Å². The summed E-state index contributed by atoms with van der Waals surface area (Å²) in [6.45, 7) is 2.10. The molecule has 0 unspecified atom stereocenters. The zero-order valence-corrected chi connectivity index (χ0v) is 8.60. The van der Waals surface area contributed by atoms with Crippen LogP contribution in [-0.2, 0) is 6.42 Å². The Morgan fingerprint density at radius 1 is 1.38 bits per heavy atom. The molecular formula is C11H14OS. The van der Waals surface area contributed by atoms with Crippen LogP contribution in [0.4, 0.5) is 0 Å². The van der Waals surface area contributed by atoms with Crippen LogP contribution in [0.2, 0.25) is 0 Å². The van der Waals surface area contributed by atoms with Crippen LogP contribution >= 0.6 is 11.8 Å². The smallest absolute Gasteiger partial charge is 0.0867 e. The highest BCUT2D eigenvalue weighted by Gasteiger charge is 2.35. The van der Waals surface area contributed by atoms with Crippen molar-refractivity contribution >= 4 is 11.8 Å². The molecule has 0 saturated carbocycles. The van der Waals surface area contributed by atoms with Gasteiger partial charge in [-0.25, -0.2) is 0 Å². The summed E-state index contributed by atoms with van der Waals surface area (Å²) in [5.41, 5.74) is 2.15. The van der Waals surface area contributed by atoms with Crippen molar-refractivity contribution in [2.24, 2.45) is 0 Å². The van der Waals surface area contributed by atoms with Gasteiger partial charge >= 0.3 is 0 Å². The Balaban J connectivity index is 2.13. The molecule has 1 saturated heterocycles. The SMILES string of the molecule is Cc1ccccc1CC1(O)CSC1. The standard InChI is InChI=1S/C11H14OS/c1-9-4-2-3-5-10(9)6-11(12)7-13-8-11/h2-5,12H,6-8H2,1H3. The average molecular weight is 194 g/mol. The highest BCUT2D eigenvalue weighted by atomic mass is 32.2. The van der Waals surface area contributed by atoms with Gasteiger partial charge in [-0.05, 0) is 18.1 Å². The third-order valence-electron chi connectivity index (χ3n) is 2.52. The zero-order valence-electron chi connectivity index (χ0n) is 7.79. The molecule has 0 aromatic heterocycles. The van der Waals surface area contributed by atoms with Gasteiger partial charge in [-0.1, -0.05) is 24.3 Å².